The monoisotopic (exact) mass is 471 g/mol. The maximum absolute atomic E-state index is 11.9. The molecule has 0 saturated heterocycles. The lowest BCUT2D eigenvalue weighted by Gasteiger charge is -2.05. The molecular formula is C17H15ClIN3O3. The van der Waals surface area contributed by atoms with Crippen LogP contribution in [0.15, 0.2) is 47.6 Å². The Morgan fingerprint density at radius 3 is 2.60 bits per heavy atom. The summed E-state index contributed by atoms with van der Waals surface area (Å²) in [5.41, 5.74) is 3.60. The van der Waals surface area contributed by atoms with E-state index in [2.05, 4.69) is 38.4 Å². The van der Waals surface area contributed by atoms with Gasteiger partial charge in [-0.05, 0) is 70.6 Å². The fourth-order valence-corrected chi connectivity index (χ4v) is 2.73. The first-order valence-corrected chi connectivity index (χ1v) is 8.64. The van der Waals surface area contributed by atoms with E-state index in [0.717, 1.165) is 14.9 Å². The van der Waals surface area contributed by atoms with Crippen molar-refractivity contribution in [2.45, 2.75) is 0 Å². The molecule has 0 atom stereocenters. The highest BCUT2D eigenvalue weighted by Gasteiger charge is 2.07. The number of benzene rings is 2. The number of hydrazone groups is 1. The van der Waals surface area contributed by atoms with Gasteiger partial charge in [0.1, 0.15) is 5.75 Å². The molecule has 0 aromatic heterocycles. The Morgan fingerprint density at radius 1 is 1.24 bits per heavy atom. The Balaban J connectivity index is 1.81. The van der Waals surface area contributed by atoms with Gasteiger partial charge >= 0.3 is 0 Å². The van der Waals surface area contributed by atoms with Crippen LogP contribution in [0.4, 0.5) is 0 Å². The summed E-state index contributed by atoms with van der Waals surface area (Å²) in [6.07, 6.45) is 1.51. The van der Waals surface area contributed by atoms with E-state index in [0.29, 0.717) is 10.6 Å². The molecule has 2 rings (SSSR count). The van der Waals surface area contributed by atoms with Crippen molar-refractivity contribution in [2.24, 2.45) is 5.10 Å². The second-order valence-corrected chi connectivity index (χ2v) is 6.48. The molecular weight excluding hydrogens is 457 g/mol. The van der Waals surface area contributed by atoms with E-state index in [1.54, 1.807) is 31.4 Å². The standard InChI is InChI=1S/C17H15ClIN3O3/c1-25-15-7-2-11(8-14(15)19)9-21-22-16(23)10-20-17(24)12-3-5-13(18)6-4-12/h2-9H,10H2,1H3,(H,20,24)(H,22,23)/b21-9+. The van der Waals surface area contributed by atoms with Crippen molar-refractivity contribution >= 4 is 52.2 Å². The summed E-state index contributed by atoms with van der Waals surface area (Å²) < 4.78 is 6.11. The molecule has 0 heterocycles. The second-order valence-electron chi connectivity index (χ2n) is 4.88. The third-order valence-corrected chi connectivity index (χ3v) is 4.19. The van der Waals surface area contributed by atoms with Gasteiger partial charge in [0.15, 0.2) is 0 Å². The van der Waals surface area contributed by atoms with Crippen LogP contribution in [0.3, 0.4) is 0 Å². The average molecular weight is 472 g/mol. The molecule has 0 spiro atoms. The number of halogens is 2. The van der Waals surface area contributed by atoms with Crippen molar-refractivity contribution in [1.82, 2.24) is 10.7 Å². The maximum atomic E-state index is 11.9. The van der Waals surface area contributed by atoms with Gasteiger partial charge in [0, 0.05) is 10.6 Å². The van der Waals surface area contributed by atoms with Crippen LogP contribution in [0.25, 0.3) is 0 Å². The topological polar surface area (TPSA) is 79.8 Å². The highest BCUT2D eigenvalue weighted by Crippen LogP contribution is 2.20. The van der Waals surface area contributed by atoms with Gasteiger partial charge in [-0.2, -0.15) is 5.10 Å². The zero-order chi connectivity index (χ0) is 18.2. The Kier molecular flexibility index (Phi) is 7.20. The minimum Gasteiger partial charge on any atom is -0.496 e. The number of rotatable bonds is 6. The average Bonchev–Trinajstić information content (AvgIpc) is 2.60. The Morgan fingerprint density at radius 2 is 1.96 bits per heavy atom. The van der Waals surface area contributed by atoms with Crippen LogP contribution in [0.2, 0.25) is 5.02 Å². The molecule has 0 saturated carbocycles. The fraction of sp³-hybridized carbons (Fsp3) is 0.118. The van der Waals surface area contributed by atoms with Gasteiger partial charge in [-0.25, -0.2) is 5.43 Å². The third-order valence-electron chi connectivity index (χ3n) is 3.09. The lowest BCUT2D eigenvalue weighted by molar-refractivity contribution is -0.120. The lowest BCUT2D eigenvalue weighted by Crippen LogP contribution is -2.34. The molecule has 0 bridgehead atoms. The summed E-state index contributed by atoms with van der Waals surface area (Å²) in [7, 11) is 1.60. The van der Waals surface area contributed by atoms with E-state index < -0.39 is 5.91 Å². The van der Waals surface area contributed by atoms with Crippen LogP contribution in [0, 0.1) is 3.57 Å². The van der Waals surface area contributed by atoms with Crippen molar-refractivity contribution in [2.75, 3.05) is 13.7 Å². The smallest absolute Gasteiger partial charge is 0.259 e. The Bertz CT molecular complexity index is 794. The molecule has 0 unspecified atom stereocenters. The predicted molar refractivity (Wildman–Crippen MR) is 105 cm³/mol. The molecule has 0 aliphatic rings. The zero-order valence-corrected chi connectivity index (χ0v) is 16.2. The number of nitrogens with zero attached hydrogens (tertiary/aromatic N) is 1. The van der Waals surface area contributed by atoms with Crippen molar-refractivity contribution in [1.29, 1.82) is 0 Å². The van der Waals surface area contributed by atoms with Gasteiger partial charge in [-0.3, -0.25) is 9.59 Å². The van der Waals surface area contributed by atoms with Gasteiger partial charge < -0.3 is 10.1 Å². The molecule has 0 fully saturated rings. The summed E-state index contributed by atoms with van der Waals surface area (Å²) in [6.45, 7) is -0.182. The van der Waals surface area contributed by atoms with Crippen LogP contribution < -0.4 is 15.5 Å². The van der Waals surface area contributed by atoms with Gasteiger partial charge in [-0.1, -0.05) is 11.6 Å². The first-order valence-electron chi connectivity index (χ1n) is 7.19. The lowest BCUT2D eigenvalue weighted by atomic mass is 10.2. The van der Waals surface area contributed by atoms with Gasteiger partial charge in [0.25, 0.3) is 11.8 Å². The summed E-state index contributed by atoms with van der Waals surface area (Å²) in [4.78, 5) is 23.6. The molecule has 0 aliphatic carbocycles. The molecule has 6 nitrogen and oxygen atoms in total. The van der Waals surface area contributed by atoms with E-state index in [9.17, 15) is 9.59 Å². The molecule has 2 N–H and O–H groups in total. The number of carbonyl (C=O) groups excluding carboxylic acids is 2. The van der Waals surface area contributed by atoms with Crippen LogP contribution in [-0.2, 0) is 4.79 Å². The van der Waals surface area contributed by atoms with E-state index in [-0.39, 0.29) is 12.5 Å². The fourth-order valence-electron chi connectivity index (χ4n) is 1.85. The van der Waals surface area contributed by atoms with Crippen molar-refractivity contribution in [3.05, 3.63) is 62.2 Å². The highest BCUT2D eigenvalue weighted by molar-refractivity contribution is 14.1. The zero-order valence-electron chi connectivity index (χ0n) is 13.3. The normalized spacial score (nSPS) is 10.5. The van der Waals surface area contributed by atoms with E-state index in [4.69, 9.17) is 16.3 Å². The molecule has 2 amide bonds. The predicted octanol–water partition coefficient (Wildman–Crippen LogP) is 2.83. The molecule has 0 radical (unpaired) electrons. The number of methoxy groups -OCH3 is 1. The molecule has 8 heteroatoms. The number of nitrogens with one attached hydrogen (secondary N) is 2. The first kappa shape index (κ1) is 19.2. The number of carbonyl (C=O) groups is 2. The first-order chi connectivity index (χ1) is 12.0. The van der Waals surface area contributed by atoms with Crippen molar-refractivity contribution < 1.29 is 14.3 Å². The molecule has 2 aromatic rings. The summed E-state index contributed by atoms with van der Waals surface area (Å²) >= 11 is 7.91. The largest absolute Gasteiger partial charge is 0.496 e. The Labute approximate surface area is 163 Å². The van der Waals surface area contributed by atoms with E-state index >= 15 is 0 Å². The van der Waals surface area contributed by atoms with Gasteiger partial charge in [0.2, 0.25) is 0 Å². The number of amides is 2. The minimum absolute atomic E-state index is 0.182. The van der Waals surface area contributed by atoms with Crippen molar-refractivity contribution in [3.63, 3.8) is 0 Å². The Hall–Kier alpha value is -2.13. The second kappa shape index (κ2) is 9.38. The third kappa shape index (κ3) is 6.02. The number of hydrogen-bond donors (Lipinski definition) is 2. The molecule has 25 heavy (non-hydrogen) atoms. The molecule has 0 aliphatic heterocycles. The SMILES string of the molecule is COc1ccc(/C=N/NC(=O)CNC(=O)c2ccc(Cl)cc2)cc1I. The van der Waals surface area contributed by atoms with Crippen molar-refractivity contribution in [3.8, 4) is 5.75 Å². The maximum Gasteiger partial charge on any atom is 0.259 e. The quantitative estimate of drug-likeness (QED) is 0.386. The van der Waals surface area contributed by atoms with Gasteiger partial charge in [-0.15, -0.1) is 0 Å². The molecule has 130 valence electrons. The number of hydrogen-bond acceptors (Lipinski definition) is 4. The summed E-state index contributed by atoms with van der Waals surface area (Å²) in [5.74, 6) is -0.0195. The van der Waals surface area contributed by atoms with Crippen LogP contribution in [0.1, 0.15) is 15.9 Å². The summed E-state index contributed by atoms with van der Waals surface area (Å²) in [5, 5.41) is 6.91. The van der Waals surface area contributed by atoms with Gasteiger partial charge in [0.05, 0.1) is 23.4 Å². The highest BCUT2D eigenvalue weighted by atomic mass is 127. The summed E-state index contributed by atoms with van der Waals surface area (Å²) in [6, 6.07) is 11.9. The van der Waals surface area contributed by atoms with E-state index in [1.165, 1.54) is 6.21 Å². The van der Waals surface area contributed by atoms with E-state index in [1.807, 2.05) is 18.2 Å². The van der Waals surface area contributed by atoms with Crippen LogP contribution in [0.5, 0.6) is 5.75 Å². The van der Waals surface area contributed by atoms with Crippen LogP contribution >= 0.6 is 34.2 Å². The minimum atomic E-state index is -0.429. The van der Waals surface area contributed by atoms with Crippen LogP contribution in [-0.4, -0.2) is 31.7 Å². The molecule has 2 aromatic carbocycles. The number of ether oxygens (including phenoxy) is 1.